The van der Waals surface area contributed by atoms with Gasteiger partial charge in [0, 0.05) is 6.07 Å². The van der Waals surface area contributed by atoms with Crippen molar-refractivity contribution in [3.05, 3.63) is 108 Å². The Morgan fingerprint density at radius 1 is 0.824 bits per heavy atom. The predicted molar refractivity (Wildman–Crippen MR) is 126 cm³/mol. The Hall–Kier alpha value is -4.59. The summed E-state index contributed by atoms with van der Waals surface area (Å²) in [5, 5.41) is 16.1. The fourth-order valence-electron chi connectivity index (χ4n) is 3.22. The van der Waals surface area contributed by atoms with Crippen LogP contribution in [0.3, 0.4) is 0 Å². The number of para-hydroxylation sites is 2. The van der Waals surface area contributed by atoms with Crippen LogP contribution in [-0.4, -0.2) is 26.8 Å². The first-order valence-electron chi connectivity index (χ1n) is 10.6. The maximum atomic E-state index is 12.8. The molecule has 8 nitrogen and oxygen atoms in total. The standard InChI is InChI=1S/C26H23N3O5/c30-24(27-21-13-7-8-14-23(21)33-17-19-9-3-1-4-10-19)16-29-25(15-22(28-29)26(31)32)34-18-20-11-5-2-6-12-20/h1-15H,16-18H2,(H,27,30)(H,31,32). The molecule has 2 N–H and O–H groups in total. The minimum Gasteiger partial charge on any atom is -0.487 e. The first kappa shape index (κ1) is 22.6. The lowest BCUT2D eigenvalue weighted by molar-refractivity contribution is -0.117. The number of carboxylic acid groups (broad SMARTS) is 1. The number of aromatic nitrogens is 2. The highest BCUT2D eigenvalue weighted by molar-refractivity contribution is 5.92. The number of rotatable bonds is 10. The maximum absolute atomic E-state index is 12.8. The minimum atomic E-state index is -1.21. The van der Waals surface area contributed by atoms with Crippen molar-refractivity contribution in [2.75, 3.05) is 5.32 Å². The van der Waals surface area contributed by atoms with Gasteiger partial charge in [-0.1, -0.05) is 72.8 Å². The quantitative estimate of drug-likeness (QED) is 0.366. The van der Waals surface area contributed by atoms with Crippen LogP contribution in [0.1, 0.15) is 21.6 Å². The molecule has 0 aliphatic carbocycles. The Bertz CT molecular complexity index is 1260. The molecule has 1 amide bonds. The van der Waals surface area contributed by atoms with Crippen molar-refractivity contribution in [3.8, 4) is 11.6 Å². The van der Waals surface area contributed by atoms with E-state index in [4.69, 9.17) is 9.47 Å². The molecular formula is C26H23N3O5. The van der Waals surface area contributed by atoms with Crippen LogP contribution in [0.25, 0.3) is 0 Å². The number of nitrogens with zero attached hydrogens (tertiary/aromatic N) is 2. The molecule has 0 aliphatic rings. The van der Waals surface area contributed by atoms with Gasteiger partial charge in [-0.3, -0.25) is 4.79 Å². The molecule has 0 radical (unpaired) electrons. The summed E-state index contributed by atoms with van der Waals surface area (Å²) in [4.78, 5) is 24.2. The van der Waals surface area contributed by atoms with E-state index < -0.39 is 11.9 Å². The molecule has 8 heteroatoms. The molecule has 4 aromatic rings. The van der Waals surface area contributed by atoms with Crippen LogP contribution in [0.15, 0.2) is 91.0 Å². The SMILES string of the molecule is O=C(Cn1nc(C(=O)O)cc1OCc1ccccc1)Nc1ccccc1OCc1ccccc1. The number of nitrogens with one attached hydrogen (secondary N) is 1. The lowest BCUT2D eigenvalue weighted by Gasteiger charge is -2.13. The van der Waals surface area contributed by atoms with Crippen LogP contribution in [0.2, 0.25) is 0 Å². The molecule has 0 bridgehead atoms. The van der Waals surface area contributed by atoms with Crippen molar-refractivity contribution in [1.82, 2.24) is 9.78 Å². The Labute approximate surface area is 196 Å². The monoisotopic (exact) mass is 457 g/mol. The van der Waals surface area contributed by atoms with Gasteiger partial charge in [-0.05, 0) is 23.3 Å². The van der Waals surface area contributed by atoms with Crippen molar-refractivity contribution in [2.45, 2.75) is 19.8 Å². The second-order valence-corrected chi connectivity index (χ2v) is 7.42. The van der Waals surface area contributed by atoms with E-state index in [0.29, 0.717) is 18.0 Å². The van der Waals surface area contributed by atoms with Crippen molar-refractivity contribution >= 4 is 17.6 Å². The van der Waals surface area contributed by atoms with Crippen LogP contribution in [0, 0.1) is 0 Å². The van der Waals surface area contributed by atoms with E-state index in [-0.39, 0.29) is 24.7 Å². The highest BCUT2D eigenvalue weighted by Gasteiger charge is 2.17. The van der Waals surface area contributed by atoms with Crippen molar-refractivity contribution in [3.63, 3.8) is 0 Å². The fraction of sp³-hybridized carbons (Fsp3) is 0.115. The highest BCUT2D eigenvalue weighted by Crippen LogP contribution is 2.25. The molecule has 3 aromatic carbocycles. The Kier molecular flexibility index (Phi) is 7.19. The minimum absolute atomic E-state index is 0.185. The Morgan fingerprint density at radius 2 is 1.41 bits per heavy atom. The summed E-state index contributed by atoms with van der Waals surface area (Å²) in [6.07, 6.45) is 0. The molecule has 1 aromatic heterocycles. The number of ether oxygens (including phenoxy) is 2. The molecule has 34 heavy (non-hydrogen) atoms. The number of aromatic carboxylic acids is 1. The van der Waals surface area contributed by atoms with E-state index in [1.165, 1.54) is 10.7 Å². The largest absolute Gasteiger partial charge is 0.487 e. The van der Waals surface area contributed by atoms with Gasteiger partial charge in [-0.2, -0.15) is 5.10 Å². The van der Waals surface area contributed by atoms with Gasteiger partial charge >= 0.3 is 5.97 Å². The summed E-state index contributed by atoms with van der Waals surface area (Å²) in [6.45, 7) is 0.333. The highest BCUT2D eigenvalue weighted by atomic mass is 16.5. The molecule has 172 valence electrons. The lowest BCUT2D eigenvalue weighted by atomic mass is 10.2. The third kappa shape index (κ3) is 6.01. The van der Waals surface area contributed by atoms with E-state index in [9.17, 15) is 14.7 Å². The molecule has 0 fully saturated rings. The van der Waals surface area contributed by atoms with Gasteiger partial charge in [0.15, 0.2) is 5.69 Å². The number of anilines is 1. The molecular weight excluding hydrogens is 434 g/mol. The summed E-state index contributed by atoms with van der Waals surface area (Å²) < 4.78 is 12.9. The molecule has 0 unspecified atom stereocenters. The number of carboxylic acids is 1. The summed E-state index contributed by atoms with van der Waals surface area (Å²) in [7, 11) is 0. The molecule has 1 heterocycles. The molecule has 0 atom stereocenters. The summed E-state index contributed by atoms with van der Waals surface area (Å²) in [6, 6.07) is 27.5. The normalized spacial score (nSPS) is 10.5. The van der Waals surface area contributed by atoms with Crippen molar-refractivity contribution in [2.24, 2.45) is 0 Å². The van der Waals surface area contributed by atoms with E-state index in [2.05, 4.69) is 10.4 Å². The summed E-state index contributed by atoms with van der Waals surface area (Å²) in [5.41, 5.74) is 2.20. The summed E-state index contributed by atoms with van der Waals surface area (Å²) >= 11 is 0. The predicted octanol–water partition coefficient (Wildman–Crippen LogP) is 4.38. The first-order valence-corrected chi connectivity index (χ1v) is 10.6. The second kappa shape index (κ2) is 10.8. The number of benzene rings is 3. The average molecular weight is 457 g/mol. The summed E-state index contributed by atoms with van der Waals surface area (Å²) in [5.74, 6) is -0.902. The maximum Gasteiger partial charge on any atom is 0.356 e. The average Bonchev–Trinajstić information content (AvgIpc) is 3.26. The van der Waals surface area contributed by atoms with E-state index in [0.717, 1.165) is 11.1 Å². The molecule has 0 saturated heterocycles. The molecule has 0 saturated carbocycles. The number of amides is 1. The zero-order valence-electron chi connectivity index (χ0n) is 18.3. The molecule has 0 aliphatic heterocycles. The van der Waals surface area contributed by atoms with Gasteiger partial charge in [-0.15, -0.1) is 0 Å². The van der Waals surface area contributed by atoms with E-state index in [1.54, 1.807) is 18.2 Å². The Balaban J connectivity index is 1.44. The Morgan fingerprint density at radius 3 is 2.06 bits per heavy atom. The van der Waals surface area contributed by atoms with Gasteiger partial charge in [-0.25, -0.2) is 9.48 Å². The van der Waals surface area contributed by atoms with Crippen LogP contribution in [0.4, 0.5) is 5.69 Å². The van der Waals surface area contributed by atoms with Gasteiger partial charge in [0.2, 0.25) is 11.8 Å². The van der Waals surface area contributed by atoms with Gasteiger partial charge < -0.3 is 19.9 Å². The number of carbonyl (C=O) groups excluding carboxylic acids is 1. The van der Waals surface area contributed by atoms with Crippen LogP contribution in [0.5, 0.6) is 11.6 Å². The number of hydrogen-bond acceptors (Lipinski definition) is 5. The molecule has 4 rings (SSSR count). The van der Waals surface area contributed by atoms with E-state index in [1.807, 2.05) is 66.7 Å². The topological polar surface area (TPSA) is 103 Å². The smallest absolute Gasteiger partial charge is 0.356 e. The first-order chi connectivity index (χ1) is 16.6. The molecule has 0 spiro atoms. The fourth-order valence-corrected chi connectivity index (χ4v) is 3.22. The van der Waals surface area contributed by atoms with E-state index >= 15 is 0 Å². The third-order valence-corrected chi connectivity index (χ3v) is 4.88. The number of hydrogen-bond donors (Lipinski definition) is 2. The van der Waals surface area contributed by atoms with Crippen molar-refractivity contribution < 1.29 is 24.2 Å². The third-order valence-electron chi connectivity index (χ3n) is 4.88. The van der Waals surface area contributed by atoms with Gasteiger partial charge in [0.1, 0.15) is 25.5 Å². The second-order valence-electron chi connectivity index (χ2n) is 7.42. The van der Waals surface area contributed by atoms with Gasteiger partial charge in [0.05, 0.1) is 5.69 Å². The van der Waals surface area contributed by atoms with Gasteiger partial charge in [0.25, 0.3) is 0 Å². The van der Waals surface area contributed by atoms with Crippen LogP contribution >= 0.6 is 0 Å². The zero-order chi connectivity index (χ0) is 23.8. The number of carbonyl (C=O) groups is 2. The van der Waals surface area contributed by atoms with Crippen LogP contribution < -0.4 is 14.8 Å². The lowest BCUT2D eigenvalue weighted by Crippen LogP contribution is -2.21. The van der Waals surface area contributed by atoms with Crippen LogP contribution in [-0.2, 0) is 24.6 Å². The van der Waals surface area contributed by atoms with Crippen molar-refractivity contribution in [1.29, 1.82) is 0 Å². The zero-order valence-corrected chi connectivity index (χ0v) is 18.3.